The van der Waals surface area contributed by atoms with E-state index in [4.69, 9.17) is 0 Å². The average molecular weight is 350 g/mol. The van der Waals surface area contributed by atoms with Crippen LogP contribution in [0.2, 0.25) is 0 Å². The third-order valence-electron chi connectivity index (χ3n) is 1.99. The SMILES string of the molecule is COC(=O)c1cc(Br)cc(C(Br)C(C)=O)c1. The molecule has 86 valence electrons. The summed E-state index contributed by atoms with van der Waals surface area (Å²) >= 11 is 6.56. The van der Waals surface area contributed by atoms with Crippen LogP contribution in [0.25, 0.3) is 0 Å². The number of benzene rings is 1. The van der Waals surface area contributed by atoms with Crippen LogP contribution >= 0.6 is 31.9 Å². The lowest BCUT2D eigenvalue weighted by molar-refractivity contribution is -0.116. The Morgan fingerprint density at radius 3 is 2.44 bits per heavy atom. The second-order valence-corrected chi connectivity index (χ2v) is 5.07. The van der Waals surface area contributed by atoms with Crippen LogP contribution in [-0.4, -0.2) is 18.9 Å². The zero-order valence-corrected chi connectivity index (χ0v) is 12.0. The first-order chi connectivity index (χ1) is 7.45. The summed E-state index contributed by atoms with van der Waals surface area (Å²) in [5.41, 5.74) is 1.14. The maximum atomic E-state index is 11.4. The Balaban J connectivity index is 3.17. The number of ether oxygens (including phenoxy) is 1. The molecule has 0 aliphatic rings. The summed E-state index contributed by atoms with van der Waals surface area (Å²) in [6, 6.07) is 5.07. The summed E-state index contributed by atoms with van der Waals surface area (Å²) < 4.78 is 5.36. The summed E-state index contributed by atoms with van der Waals surface area (Å²) in [4.78, 5) is 22.2. The first-order valence-corrected chi connectivity index (χ1v) is 6.20. The van der Waals surface area contributed by atoms with Crippen LogP contribution in [0.15, 0.2) is 22.7 Å². The number of esters is 1. The lowest BCUT2D eigenvalue weighted by atomic mass is 10.1. The van der Waals surface area contributed by atoms with E-state index in [0.29, 0.717) is 5.56 Å². The van der Waals surface area contributed by atoms with Crippen molar-refractivity contribution in [2.24, 2.45) is 0 Å². The molecule has 5 heteroatoms. The normalized spacial score (nSPS) is 12.0. The molecule has 1 unspecified atom stereocenters. The van der Waals surface area contributed by atoms with E-state index < -0.39 is 10.8 Å². The molecular formula is C11H10Br2O3. The van der Waals surface area contributed by atoms with Crippen molar-refractivity contribution < 1.29 is 14.3 Å². The van der Waals surface area contributed by atoms with E-state index in [0.717, 1.165) is 10.0 Å². The standard InChI is InChI=1S/C11H10Br2O3/c1-6(14)10(13)7-3-8(11(15)16-2)5-9(12)4-7/h3-5,10H,1-2H3. The number of rotatable bonds is 3. The molecule has 0 saturated heterocycles. The second kappa shape index (κ2) is 5.59. The highest BCUT2D eigenvalue weighted by Crippen LogP contribution is 2.27. The number of carbonyl (C=O) groups excluding carboxylic acids is 2. The Kier molecular flexibility index (Phi) is 4.68. The zero-order chi connectivity index (χ0) is 12.3. The number of ketones is 1. The third-order valence-corrected chi connectivity index (χ3v) is 3.62. The van der Waals surface area contributed by atoms with Gasteiger partial charge in [0.05, 0.1) is 17.5 Å². The number of carbonyl (C=O) groups is 2. The molecule has 16 heavy (non-hydrogen) atoms. The Morgan fingerprint density at radius 2 is 1.94 bits per heavy atom. The van der Waals surface area contributed by atoms with Crippen molar-refractivity contribution >= 4 is 43.6 Å². The van der Waals surface area contributed by atoms with Crippen molar-refractivity contribution in [3.8, 4) is 0 Å². The van der Waals surface area contributed by atoms with Gasteiger partial charge in [0, 0.05) is 4.47 Å². The Morgan fingerprint density at radius 1 is 1.31 bits per heavy atom. The molecule has 0 heterocycles. The van der Waals surface area contributed by atoms with Gasteiger partial charge in [-0.25, -0.2) is 4.79 Å². The van der Waals surface area contributed by atoms with Gasteiger partial charge in [0.25, 0.3) is 0 Å². The zero-order valence-electron chi connectivity index (χ0n) is 8.79. The van der Waals surface area contributed by atoms with Crippen molar-refractivity contribution in [3.63, 3.8) is 0 Å². The lowest BCUT2D eigenvalue weighted by Crippen LogP contribution is -2.05. The Labute approximate surface area is 110 Å². The van der Waals surface area contributed by atoms with Crippen LogP contribution in [0.4, 0.5) is 0 Å². The number of hydrogen-bond acceptors (Lipinski definition) is 3. The van der Waals surface area contributed by atoms with Gasteiger partial charge in [-0.3, -0.25) is 4.79 Å². The van der Waals surface area contributed by atoms with Crippen LogP contribution in [0, 0.1) is 0 Å². The van der Waals surface area contributed by atoms with Crippen molar-refractivity contribution in [2.75, 3.05) is 7.11 Å². The van der Waals surface area contributed by atoms with E-state index in [1.54, 1.807) is 18.2 Å². The molecule has 0 radical (unpaired) electrons. The van der Waals surface area contributed by atoms with Crippen LogP contribution in [-0.2, 0) is 9.53 Å². The van der Waals surface area contributed by atoms with E-state index in [1.165, 1.54) is 14.0 Å². The summed E-state index contributed by atoms with van der Waals surface area (Å²) in [5, 5.41) is 0. The molecule has 1 atom stereocenters. The molecule has 0 aromatic heterocycles. The number of halogens is 2. The van der Waals surface area contributed by atoms with Gasteiger partial charge in [0.1, 0.15) is 5.78 Å². The largest absolute Gasteiger partial charge is 0.465 e. The number of alkyl halides is 1. The minimum absolute atomic E-state index is 0.0195. The van der Waals surface area contributed by atoms with Crippen molar-refractivity contribution in [2.45, 2.75) is 11.8 Å². The molecular weight excluding hydrogens is 340 g/mol. The number of hydrogen-bond donors (Lipinski definition) is 0. The lowest BCUT2D eigenvalue weighted by Gasteiger charge is -2.09. The summed E-state index contributed by atoms with van der Waals surface area (Å²) in [5.74, 6) is -0.445. The van der Waals surface area contributed by atoms with E-state index >= 15 is 0 Å². The molecule has 0 spiro atoms. The van der Waals surface area contributed by atoms with E-state index in [1.807, 2.05) is 0 Å². The molecule has 1 aromatic rings. The topological polar surface area (TPSA) is 43.4 Å². The van der Waals surface area contributed by atoms with Gasteiger partial charge in [-0.2, -0.15) is 0 Å². The van der Waals surface area contributed by atoms with Gasteiger partial charge in [0.15, 0.2) is 0 Å². The van der Waals surface area contributed by atoms with Crippen molar-refractivity contribution in [1.29, 1.82) is 0 Å². The molecule has 0 bridgehead atoms. The van der Waals surface area contributed by atoms with E-state index in [2.05, 4.69) is 36.6 Å². The van der Waals surface area contributed by atoms with Gasteiger partial charge in [-0.15, -0.1) is 0 Å². The highest BCUT2D eigenvalue weighted by Gasteiger charge is 2.16. The fraction of sp³-hybridized carbons (Fsp3) is 0.273. The molecule has 0 N–H and O–H groups in total. The molecule has 0 amide bonds. The van der Waals surface area contributed by atoms with Crippen LogP contribution in [0.1, 0.15) is 27.7 Å². The highest BCUT2D eigenvalue weighted by atomic mass is 79.9. The molecule has 1 aromatic carbocycles. The number of Topliss-reactive ketones (excluding diaryl/α,β-unsaturated/α-hetero) is 1. The van der Waals surface area contributed by atoms with Crippen LogP contribution < -0.4 is 0 Å². The minimum Gasteiger partial charge on any atom is -0.465 e. The predicted molar refractivity (Wildman–Crippen MR) is 67.8 cm³/mol. The third kappa shape index (κ3) is 3.15. The Bertz CT molecular complexity index is 429. The van der Waals surface area contributed by atoms with Crippen LogP contribution in [0.5, 0.6) is 0 Å². The highest BCUT2D eigenvalue weighted by molar-refractivity contribution is 9.10. The fourth-order valence-corrected chi connectivity index (χ4v) is 2.00. The van der Waals surface area contributed by atoms with Gasteiger partial charge < -0.3 is 4.74 Å². The molecule has 0 fully saturated rings. The first kappa shape index (κ1) is 13.4. The summed E-state index contributed by atoms with van der Waals surface area (Å²) in [6.07, 6.45) is 0. The predicted octanol–water partition coefficient (Wildman–Crippen LogP) is 3.26. The average Bonchev–Trinajstić information content (AvgIpc) is 2.25. The minimum atomic E-state index is -0.425. The smallest absolute Gasteiger partial charge is 0.337 e. The van der Waals surface area contributed by atoms with E-state index in [-0.39, 0.29) is 5.78 Å². The second-order valence-electron chi connectivity index (χ2n) is 3.24. The quantitative estimate of drug-likeness (QED) is 0.621. The van der Waals surface area contributed by atoms with E-state index in [9.17, 15) is 9.59 Å². The summed E-state index contributed by atoms with van der Waals surface area (Å²) in [6.45, 7) is 1.48. The number of methoxy groups -OCH3 is 1. The maximum absolute atomic E-state index is 11.4. The van der Waals surface area contributed by atoms with Gasteiger partial charge >= 0.3 is 5.97 Å². The monoisotopic (exact) mass is 348 g/mol. The molecule has 1 rings (SSSR count). The fourth-order valence-electron chi connectivity index (χ4n) is 1.23. The first-order valence-electron chi connectivity index (χ1n) is 4.49. The Hall–Kier alpha value is -0.680. The molecule has 0 aliphatic carbocycles. The van der Waals surface area contributed by atoms with Crippen molar-refractivity contribution in [1.82, 2.24) is 0 Å². The van der Waals surface area contributed by atoms with Gasteiger partial charge in [-0.1, -0.05) is 31.9 Å². The molecule has 0 saturated carbocycles. The van der Waals surface area contributed by atoms with Gasteiger partial charge in [-0.05, 0) is 30.7 Å². The maximum Gasteiger partial charge on any atom is 0.337 e. The van der Waals surface area contributed by atoms with Gasteiger partial charge in [0.2, 0.25) is 0 Å². The summed E-state index contributed by atoms with van der Waals surface area (Å²) in [7, 11) is 1.32. The van der Waals surface area contributed by atoms with Crippen molar-refractivity contribution in [3.05, 3.63) is 33.8 Å². The molecule has 0 aliphatic heterocycles. The van der Waals surface area contributed by atoms with Crippen LogP contribution in [0.3, 0.4) is 0 Å². The molecule has 3 nitrogen and oxygen atoms in total.